The fourth-order valence-electron chi connectivity index (χ4n) is 5.26. The quantitative estimate of drug-likeness (QED) is 0.499. The molecule has 2 N–H and O–H groups in total. The van der Waals surface area contributed by atoms with Crippen LogP contribution >= 0.6 is 23.2 Å². The van der Waals surface area contributed by atoms with E-state index in [1.54, 1.807) is 18.2 Å². The van der Waals surface area contributed by atoms with Gasteiger partial charge in [-0.25, -0.2) is 0 Å². The van der Waals surface area contributed by atoms with Gasteiger partial charge in [0.05, 0.1) is 10.0 Å². The van der Waals surface area contributed by atoms with Crippen LogP contribution < -0.4 is 15.4 Å². The Labute approximate surface area is 219 Å². The van der Waals surface area contributed by atoms with Gasteiger partial charge in [-0.05, 0) is 68.0 Å². The molecule has 186 valence electrons. The number of dihydropyridines is 1. The van der Waals surface area contributed by atoms with Crippen molar-refractivity contribution in [3.63, 3.8) is 0 Å². The van der Waals surface area contributed by atoms with Crippen LogP contribution in [0.25, 0.3) is 0 Å². The summed E-state index contributed by atoms with van der Waals surface area (Å²) in [5.41, 5.74) is 5.42. The van der Waals surface area contributed by atoms with E-state index in [-0.39, 0.29) is 39.9 Å². The number of aryl methyl sites for hydroxylation is 1. The van der Waals surface area contributed by atoms with Crippen molar-refractivity contribution in [3.05, 3.63) is 80.1 Å². The van der Waals surface area contributed by atoms with Crippen molar-refractivity contribution in [1.82, 2.24) is 5.32 Å². The molecule has 1 aliphatic heterocycles. The van der Waals surface area contributed by atoms with Gasteiger partial charge in [0.2, 0.25) is 0 Å². The minimum absolute atomic E-state index is 0.0408. The van der Waals surface area contributed by atoms with Crippen LogP contribution in [0.5, 0.6) is 5.75 Å². The van der Waals surface area contributed by atoms with E-state index in [2.05, 4.69) is 10.6 Å². The molecule has 8 heteroatoms. The molecule has 1 heterocycles. The average Bonchev–Trinajstić information content (AvgIpc) is 2.82. The second-order valence-electron chi connectivity index (χ2n) is 9.42. The van der Waals surface area contributed by atoms with Gasteiger partial charge in [-0.3, -0.25) is 14.4 Å². The van der Waals surface area contributed by atoms with E-state index in [1.807, 2.05) is 25.1 Å². The van der Waals surface area contributed by atoms with Crippen LogP contribution in [-0.2, 0) is 14.4 Å². The zero-order chi connectivity index (χ0) is 25.4. The standard InChI is InChI=1S/C28H26Cl2N2O4/c1-15-5-2-6-17(11-15)31-24(35)14-36-28-18(29)12-16(13-19(28)30)25-26-20(7-3-9-22(26)33)32-21-8-4-10-23(34)27(21)25/h2,5-6,11-13,25,32H,3-4,7-10,14H2,1H3,(H,31,35). The number of nitrogens with one attached hydrogen (secondary N) is 2. The third-order valence-electron chi connectivity index (χ3n) is 6.79. The zero-order valence-electron chi connectivity index (χ0n) is 19.9. The summed E-state index contributed by atoms with van der Waals surface area (Å²) in [5, 5.41) is 6.62. The molecule has 0 fully saturated rings. The first kappa shape index (κ1) is 24.6. The largest absolute Gasteiger partial charge is 0.481 e. The lowest BCUT2D eigenvalue weighted by Crippen LogP contribution is -2.36. The number of ether oxygens (including phenoxy) is 1. The van der Waals surface area contributed by atoms with Crippen molar-refractivity contribution in [2.24, 2.45) is 0 Å². The number of hydrogen-bond acceptors (Lipinski definition) is 5. The van der Waals surface area contributed by atoms with Crippen molar-refractivity contribution in [3.8, 4) is 5.75 Å². The summed E-state index contributed by atoms with van der Waals surface area (Å²) in [6, 6.07) is 10.8. The first-order valence-corrected chi connectivity index (χ1v) is 12.8. The van der Waals surface area contributed by atoms with E-state index < -0.39 is 5.92 Å². The highest BCUT2D eigenvalue weighted by Gasteiger charge is 2.40. The van der Waals surface area contributed by atoms with Crippen LogP contribution in [0.1, 0.15) is 55.6 Å². The predicted octanol–water partition coefficient (Wildman–Crippen LogP) is 6.02. The molecule has 0 aromatic heterocycles. The summed E-state index contributed by atoms with van der Waals surface area (Å²) in [5.74, 6) is -0.590. The van der Waals surface area contributed by atoms with Gasteiger partial charge in [0.15, 0.2) is 23.9 Å². The maximum Gasteiger partial charge on any atom is 0.262 e. The number of Topliss-reactive ketones (excluding diaryl/α,β-unsaturated/α-hetero) is 2. The molecule has 36 heavy (non-hydrogen) atoms. The van der Waals surface area contributed by atoms with Crippen molar-refractivity contribution < 1.29 is 19.1 Å². The molecule has 2 aromatic carbocycles. The van der Waals surface area contributed by atoms with Crippen molar-refractivity contribution in [2.45, 2.75) is 51.4 Å². The molecule has 0 saturated carbocycles. The molecule has 0 atom stereocenters. The van der Waals surface area contributed by atoms with Gasteiger partial charge in [-0.1, -0.05) is 35.3 Å². The molecule has 0 spiro atoms. The highest BCUT2D eigenvalue weighted by Crippen LogP contribution is 2.47. The lowest BCUT2D eigenvalue weighted by molar-refractivity contribution is -0.118. The Kier molecular flexibility index (Phi) is 6.91. The molecule has 0 bridgehead atoms. The summed E-state index contributed by atoms with van der Waals surface area (Å²) in [6.07, 6.45) is 4.00. The van der Waals surface area contributed by atoms with Crippen molar-refractivity contribution in [2.75, 3.05) is 11.9 Å². The number of anilines is 1. The Morgan fingerprint density at radius 3 is 2.17 bits per heavy atom. The van der Waals surface area contributed by atoms with E-state index >= 15 is 0 Å². The van der Waals surface area contributed by atoms with Crippen molar-refractivity contribution >= 4 is 46.4 Å². The Bertz CT molecular complexity index is 1280. The molecule has 6 nitrogen and oxygen atoms in total. The zero-order valence-corrected chi connectivity index (χ0v) is 21.4. The number of amides is 1. The Morgan fingerprint density at radius 1 is 0.972 bits per heavy atom. The van der Waals surface area contributed by atoms with Crippen LogP contribution in [0.2, 0.25) is 10.0 Å². The predicted molar refractivity (Wildman–Crippen MR) is 139 cm³/mol. The van der Waals surface area contributed by atoms with Crippen LogP contribution in [0.15, 0.2) is 58.9 Å². The highest BCUT2D eigenvalue weighted by atomic mass is 35.5. The highest BCUT2D eigenvalue weighted by molar-refractivity contribution is 6.37. The molecule has 3 aliphatic rings. The monoisotopic (exact) mass is 524 g/mol. The third-order valence-corrected chi connectivity index (χ3v) is 7.36. The van der Waals surface area contributed by atoms with E-state index in [0.717, 1.165) is 42.6 Å². The van der Waals surface area contributed by atoms with Gasteiger partial charge in [-0.2, -0.15) is 0 Å². The fourth-order valence-corrected chi connectivity index (χ4v) is 5.87. The summed E-state index contributed by atoms with van der Waals surface area (Å²) in [6.45, 7) is 1.66. The van der Waals surface area contributed by atoms with Gasteiger partial charge in [-0.15, -0.1) is 0 Å². The fraction of sp³-hybridized carbons (Fsp3) is 0.321. The molecule has 0 unspecified atom stereocenters. The Hall–Kier alpha value is -3.09. The smallest absolute Gasteiger partial charge is 0.262 e. The molecular formula is C28H26Cl2N2O4. The van der Waals surface area contributed by atoms with E-state index in [9.17, 15) is 14.4 Å². The lowest BCUT2D eigenvalue weighted by atomic mass is 9.71. The number of carbonyl (C=O) groups excluding carboxylic acids is 3. The molecule has 0 radical (unpaired) electrons. The van der Waals surface area contributed by atoms with E-state index in [0.29, 0.717) is 35.2 Å². The van der Waals surface area contributed by atoms with Crippen LogP contribution in [0.3, 0.4) is 0 Å². The molecule has 2 aromatic rings. The molecular weight excluding hydrogens is 499 g/mol. The van der Waals surface area contributed by atoms with Crippen LogP contribution in [-0.4, -0.2) is 24.1 Å². The van der Waals surface area contributed by atoms with E-state index in [1.165, 1.54) is 0 Å². The minimum Gasteiger partial charge on any atom is -0.481 e. The molecule has 5 rings (SSSR count). The first-order chi connectivity index (χ1) is 17.3. The number of rotatable bonds is 5. The molecule has 0 saturated heterocycles. The summed E-state index contributed by atoms with van der Waals surface area (Å²) in [4.78, 5) is 38.4. The number of halogens is 2. The van der Waals surface area contributed by atoms with Gasteiger partial charge >= 0.3 is 0 Å². The SMILES string of the molecule is Cc1cccc(NC(=O)COc2c(Cl)cc(C3C4=C(CCCC4=O)NC4=C3C(=O)CCC4)cc2Cl)c1. The van der Waals surface area contributed by atoms with Crippen LogP contribution in [0, 0.1) is 6.92 Å². The topological polar surface area (TPSA) is 84.5 Å². The van der Waals surface area contributed by atoms with Crippen molar-refractivity contribution in [1.29, 1.82) is 0 Å². The number of allylic oxidation sites excluding steroid dienone is 4. The normalized spacial score (nSPS) is 18.0. The minimum atomic E-state index is -0.509. The maximum absolute atomic E-state index is 13.0. The van der Waals surface area contributed by atoms with Gasteiger partial charge < -0.3 is 15.4 Å². The number of benzene rings is 2. The second kappa shape index (κ2) is 10.1. The molecule has 2 aliphatic carbocycles. The Balaban J connectivity index is 1.42. The second-order valence-corrected chi connectivity index (χ2v) is 10.2. The van der Waals surface area contributed by atoms with Gasteiger partial charge in [0, 0.05) is 47.0 Å². The third kappa shape index (κ3) is 4.80. The van der Waals surface area contributed by atoms with Gasteiger partial charge in [0.25, 0.3) is 5.91 Å². The average molecular weight is 525 g/mol. The maximum atomic E-state index is 13.0. The summed E-state index contributed by atoms with van der Waals surface area (Å²) < 4.78 is 5.68. The number of hydrogen-bond donors (Lipinski definition) is 2. The summed E-state index contributed by atoms with van der Waals surface area (Å²) in [7, 11) is 0. The number of carbonyl (C=O) groups is 3. The Morgan fingerprint density at radius 2 is 1.58 bits per heavy atom. The first-order valence-electron chi connectivity index (χ1n) is 12.1. The number of ketones is 2. The lowest BCUT2D eigenvalue weighted by Gasteiger charge is -2.37. The van der Waals surface area contributed by atoms with Gasteiger partial charge in [0.1, 0.15) is 0 Å². The molecule has 1 amide bonds. The van der Waals surface area contributed by atoms with E-state index in [4.69, 9.17) is 27.9 Å². The van der Waals surface area contributed by atoms with Crippen LogP contribution in [0.4, 0.5) is 5.69 Å². The summed E-state index contributed by atoms with van der Waals surface area (Å²) >= 11 is 13.2.